The van der Waals surface area contributed by atoms with Crippen molar-refractivity contribution in [2.75, 3.05) is 0 Å². The van der Waals surface area contributed by atoms with Gasteiger partial charge in [-0.2, -0.15) is 0 Å². The van der Waals surface area contributed by atoms with Crippen LogP contribution in [0.1, 0.15) is 47.1 Å². The molecule has 2 aromatic rings. The highest BCUT2D eigenvalue weighted by atomic mass is 19.1. The molecular formula is C18H17FO2. The highest BCUT2D eigenvalue weighted by molar-refractivity contribution is 6.16. The topological polar surface area (TPSA) is 34.1 Å². The second-order valence-corrected chi connectivity index (χ2v) is 5.96. The van der Waals surface area contributed by atoms with Gasteiger partial charge in [0.05, 0.1) is 0 Å². The number of carbonyl (C=O) groups is 2. The van der Waals surface area contributed by atoms with Crippen LogP contribution in [0.3, 0.4) is 0 Å². The molecule has 0 atom stereocenters. The molecule has 21 heavy (non-hydrogen) atoms. The van der Waals surface area contributed by atoms with Crippen LogP contribution in [0.5, 0.6) is 0 Å². The van der Waals surface area contributed by atoms with Crippen molar-refractivity contribution in [2.45, 2.75) is 20.8 Å². The number of ketones is 2. The third kappa shape index (κ3) is 3.24. The van der Waals surface area contributed by atoms with Crippen molar-refractivity contribution in [3.05, 3.63) is 71.0 Å². The first-order chi connectivity index (χ1) is 9.80. The summed E-state index contributed by atoms with van der Waals surface area (Å²) in [5, 5.41) is 0. The van der Waals surface area contributed by atoms with Crippen molar-refractivity contribution in [1.82, 2.24) is 0 Å². The molecule has 108 valence electrons. The summed E-state index contributed by atoms with van der Waals surface area (Å²) < 4.78 is 13.0. The maximum atomic E-state index is 13.0. The van der Waals surface area contributed by atoms with E-state index in [0.717, 1.165) is 0 Å². The summed E-state index contributed by atoms with van der Waals surface area (Å²) in [6, 6.07) is 12.1. The van der Waals surface area contributed by atoms with Crippen LogP contribution in [0.25, 0.3) is 0 Å². The Hall–Kier alpha value is -2.29. The molecule has 2 nitrogen and oxygen atoms in total. The zero-order chi connectivity index (χ0) is 15.6. The number of hydrogen-bond donors (Lipinski definition) is 0. The van der Waals surface area contributed by atoms with Crippen molar-refractivity contribution in [2.24, 2.45) is 5.41 Å². The number of benzene rings is 2. The van der Waals surface area contributed by atoms with E-state index in [9.17, 15) is 14.0 Å². The molecule has 3 heteroatoms. The lowest BCUT2D eigenvalue weighted by atomic mass is 9.83. The molecule has 0 bridgehead atoms. The van der Waals surface area contributed by atoms with Gasteiger partial charge in [-0.25, -0.2) is 4.39 Å². The third-order valence-electron chi connectivity index (χ3n) is 3.20. The molecule has 0 aliphatic heterocycles. The molecule has 2 rings (SSSR count). The Kier molecular flexibility index (Phi) is 4.03. The van der Waals surface area contributed by atoms with E-state index in [4.69, 9.17) is 0 Å². The Labute approximate surface area is 123 Å². The van der Waals surface area contributed by atoms with E-state index in [-0.39, 0.29) is 11.6 Å². The number of rotatable bonds is 3. The molecule has 0 unspecified atom stereocenters. The normalized spacial score (nSPS) is 11.2. The van der Waals surface area contributed by atoms with E-state index in [0.29, 0.717) is 16.7 Å². The fraction of sp³-hybridized carbons (Fsp3) is 0.222. The van der Waals surface area contributed by atoms with Gasteiger partial charge in [-0.1, -0.05) is 45.0 Å². The van der Waals surface area contributed by atoms with Gasteiger partial charge >= 0.3 is 0 Å². The third-order valence-corrected chi connectivity index (χ3v) is 3.20. The van der Waals surface area contributed by atoms with Gasteiger partial charge in [0.1, 0.15) is 5.82 Å². The summed E-state index contributed by atoms with van der Waals surface area (Å²) in [5.74, 6) is -0.762. The number of hydrogen-bond acceptors (Lipinski definition) is 2. The predicted octanol–water partition coefficient (Wildman–Crippen LogP) is 4.29. The Morgan fingerprint density at radius 2 is 1.38 bits per heavy atom. The van der Waals surface area contributed by atoms with Crippen LogP contribution in [-0.4, -0.2) is 11.6 Å². The molecule has 0 aromatic heterocycles. The van der Waals surface area contributed by atoms with Gasteiger partial charge in [-0.3, -0.25) is 9.59 Å². The second kappa shape index (κ2) is 5.60. The lowest BCUT2D eigenvalue weighted by Gasteiger charge is -2.18. The molecule has 0 heterocycles. The Balaban J connectivity index is 2.47. The summed E-state index contributed by atoms with van der Waals surface area (Å²) in [4.78, 5) is 25.0. The zero-order valence-corrected chi connectivity index (χ0v) is 12.3. The van der Waals surface area contributed by atoms with Crippen LogP contribution in [0, 0.1) is 11.2 Å². The monoisotopic (exact) mass is 284 g/mol. The van der Waals surface area contributed by atoms with Gasteiger partial charge in [0.2, 0.25) is 0 Å². The fourth-order valence-electron chi connectivity index (χ4n) is 2.04. The van der Waals surface area contributed by atoms with Crippen LogP contribution >= 0.6 is 0 Å². The first-order valence-electron chi connectivity index (χ1n) is 6.75. The fourth-order valence-corrected chi connectivity index (χ4v) is 2.04. The molecule has 0 saturated carbocycles. The summed E-state index contributed by atoms with van der Waals surface area (Å²) in [7, 11) is 0. The molecular weight excluding hydrogens is 267 g/mol. The Morgan fingerprint density at radius 1 is 0.857 bits per heavy atom. The first-order valence-corrected chi connectivity index (χ1v) is 6.75. The minimum absolute atomic E-state index is 0.0893. The smallest absolute Gasteiger partial charge is 0.193 e. The van der Waals surface area contributed by atoms with Crippen molar-refractivity contribution >= 4 is 11.6 Å². The minimum Gasteiger partial charge on any atom is -0.294 e. The van der Waals surface area contributed by atoms with Crippen LogP contribution in [-0.2, 0) is 0 Å². The van der Waals surface area contributed by atoms with E-state index in [2.05, 4.69) is 0 Å². The predicted molar refractivity (Wildman–Crippen MR) is 80.1 cm³/mol. The quantitative estimate of drug-likeness (QED) is 0.788. The molecule has 0 N–H and O–H groups in total. The van der Waals surface area contributed by atoms with Crippen LogP contribution in [0.2, 0.25) is 0 Å². The molecule has 0 spiro atoms. The van der Waals surface area contributed by atoms with Gasteiger partial charge in [0, 0.05) is 22.1 Å². The summed E-state index contributed by atoms with van der Waals surface area (Å²) >= 11 is 0. The molecule has 0 fully saturated rings. The minimum atomic E-state index is -0.570. The number of carbonyl (C=O) groups excluding carboxylic acids is 2. The van der Waals surface area contributed by atoms with Gasteiger partial charge in [-0.05, 0) is 24.3 Å². The second-order valence-electron chi connectivity index (χ2n) is 5.96. The van der Waals surface area contributed by atoms with Crippen LogP contribution in [0.4, 0.5) is 4.39 Å². The van der Waals surface area contributed by atoms with Crippen LogP contribution in [0.15, 0.2) is 48.5 Å². The van der Waals surface area contributed by atoms with Crippen molar-refractivity contribution in [1.29, 1.82) is 0 Å². The van der Waals surface area contributed by atoms with E-state index < -0.39 is 11.2 Å². The highest BCUT2D eigenvalue weighted by Gasteiger charge is 2.27. The average molecular weight is 284 g/mol. The zero-order valence-electron chi connectivity index (χ0n) is 12.3. The lowest BCUT2D eigenvalue weighted by Crippen LogP contribution is -2.22. The van der Waals surface area contributed by atoms with Crippen molar-refractivity contribution in [3.63, 3.8) is 0 Å². The largest absolute Gasteiger partial charge is 0.294 e. The summed E-state index contributed by atoms with van der Waals surface area (Å²) in [6.45, 7) is 5.44. The van der Waals surface area contributed by atoms with Gasteiger partial charge < -0.3 is 0 Å². The molecule has 0 amide bonds. The highest BCUT2D eigenvalue weighted by Crippen LogP contribution is 2.24. The average Bonchev–Trinajstić information content (AvgIpc) is 2.45. The standard InChI is InChI=1S/C18H17FO2/c1-18(2,3)17(21)15-7-5-4-6-14(15)16(20)12-8-10-13(19)11-9-12/h4-11H,1-3H3. The van der Waals surface area contributed by atoms with Crippen molar-refractivity contribution in [3.8, 4) is 0 Å². The van der Waals surface area contributed by atoms with Crippen molar-refractivity contribution < 1.29 is 14.0 Å². The SMILES string of the molecule is CC(C)(C)C(=O)c1ccccc1C(=O)c1ccc(F)cc1. The summed E-state index contributed by atoms with van der Waals surface area (Å²) in [5.41, 5.74) is 0.549. The Morgan fingerprint density at radius 3 is 1.90 bits per heavy atom. The van der Waals surface area contributed by atoms with E-state index in [1.165, 1.54) is 24.3 Å². The Bertz CT molecular complexity index is 679. The summed E-state index contributed by atoms with van der Waals surface area (Å²) in [6.07, 6.45) is 0. The van der Waals surface area contributed by atoms with E-state index in [1.54, 1.807) is 24.3 Å². The maximum absolute atomic E-state index is 13.0. The number of halogens is 1. The molecule has 0 aliphatic carbocycles. The maximum Gasteiger partial charge on any atom is 0.193 e. The lowest BCUT2D eigenvalue weighted by molar-refractivity contribution is 0.0852. The van der Waals surface area contributed by atoms with Gasteiger partial charge in [0.15, 0.2) is 11.6 Å². The molecule has 0 aliphatic rings. The number of Topliss-reactive ketones (excluding diaryl/α,β-unsaturated/α-hetero) is 1. The molecule has 0 radical (unpaired) electrons. The molecule has 2 aromatic carbocycles. The van der Waals surface area contributed by atoms with E-state index in [1.807, 2.05) is 20.8 Å². The van der Waals surface area contributed by atoms with Crippen LogP contribution < -0.4 is 0 Å². The van der Waals surface area contributed by atoms with E-state index >= 15 is 0 Å². The molecule has 0 saturated heterocycles. The first kappa shape index (κ1) is 15.1. The van der Waals surface area contributed by atoms with Gasteiger partial charge in [-0.15, -0.1) is 0 Å². The van der Waals surface area contributed by atoms with Gasteiger partial charge in [0.25, 0.3) is 0 Å².